The molecule has 0 aliphatic rings. The number of benzene rings is 1. The van der Waals surface area contributed by atoms with E-state index in [1.807, 2.05) is 0 Å². The Balaban J connectivity index is 2.92. The second-order valence-corrected chi connectivity index (χ2v) is 4.42. The van der Waals surface area contributed by atoms with Gasteiger partial charge in [0, 0.05) is 17.5 Å². The minimum atomic E-state index is -1.05. The summed E-state index contributed by atoms with van der Waals surface area (Å²) >= 11 is 1.35. The number of carbonyl (C=O) groups excluding carboxylic acids is 1. The summed E-state index contributed by atoms with van der Waals surface area (Å²) in [6.07, 6.45) is 1.55. The summed E-state index contributed by atoms with van der Waals surface area (Å²) in [5, 5.41) is 21.6. The predicted octanol–water partition coefficient (Wildman–Crippen LogP) is 1.52. The maximum Gasteiger partial charge on any atom is 0.305 e. The molecule has 0 aromatic heterocycles. The Morgan fingerprint density at radius 2 is 2.16 bits per heavy atom. The van der Waals surface area contributed by atoms with E-state index in [0.717, 1.165) is 0 Å². The van der Waals surface area contributed by atoms with E-state index >= 15 is 0 Å². The monoisotopic (exact) mass is 284 g/mol. The molecule has 1 aromatic carbocycles. The molecule has 0 unspecified atom stereocenters. The van der Waals surface area contributed by atoms with Crippen LogP contribution in [0, 0.1) is 10.1 Å². The first-order valence-corrected chi connectivity index (χ1v) is 6.50. The SMILES string of the molecule is CSc1ccc([N+](=O)[O-])c(C(=O)NCCC(=O)O)c1. The van der Waals surface area contributed by atoms with Crippen LogP contribution in [0.25, 0.3) is 0 Å². The van der Waals surface area contributed by atoms with E-state index in [0.29, 0.717) is 4.90 Å². The van der Waals surface area contributed by atoms with Crippen LogP contribution in [0.1, 0.15) is 16.8 Å². The van der Waals surface area contributed by atoms with Gasteiger partial charge in [-0.1, -0.05) is 0 Å². The van der Waals surface area contributed by atoms with Gasteiger partial charge in [-0.05, 0) is 18.4 Å². The normalized spacial score (nSPS) is 9.95. The summed E-state index contributed by atoms with van der Waals surface area (Å²) in [4.78, 5) is 33.0. The lowest BCUT2D eigenvalue weighted by Gasteiger charge is -2.06. The average molecular weight is 284 g/mol. The number of nitro groups is 1. The number of rotatable bonds is 6. The van der Waals surface area contributed by atoms with Crippen molar-refractivity contribution >= 4 is 29.3 Å². The van der Waals surface area contributed by atoms with Crippen molar-refractivity contribution < 1.29 is 19.6 Å². The summed E-state index contributed by atoms with van der Waals surface area (Å²) in [5.41, 5.74) is -0.368. The molecule has 0 radical (unpaired) electrons. The number of hydrogen-bond acceptors (Lipinski definition) is 5. The lowest BCUT2D eigenvalue weighted by molar-refractivity contribution is -0.385. The Morgan fingerprint density at radius 3 is 2.68 bits per heavy atom. The topological polar surface area (TPSA) is 110 Å². The first-order chi connectivity index (χ1) is 8.95. The lowest BCUT2D eigenvalue weighted by atomic mass is 10.1. The van der Waals surface area contributed by atoms with Crippen molar-refractivity contribution in [3.8, 4) is 0 Å². The van der Waals surface area contributed by atoms with Crippen molar-refractivity contribution in [3.05, 3.63) is 33.9 Å². The Bertz CT molecular complexity index is 518. The van der Waals surface area contributed by atoms with Gasteiger partial charge in [0.1, 0.15) is 5.56 Å². The van der Waals surface area contributed by atoms with E-state index in [4.69, 9.17) is 5.11 Å². The molecule has 0 fully saturated rings. The van der Waals surface area contributed by atoms with Crippen LogP contribution in [0.5, 0.6) is 0 Å². The van der Waals surface area contributed by atoms with Crippen molar-refractivity contribution in [1.29, 1.82) is 0 Å². The number of nitrogens with one attached hydrogen (secondary N) is 1. The molecule has 1 amide bonds. The largest absolute Gasteiger partial charge is 0.481 e. The third-order valence-corrected chi connectivity index (χ3v) is 2.99. The van der Waals surface area contributed by atoms with Gasteiger partial charge in [0.05, 0.1) is 11.3 Å². The second kappa shape index (κ2) is 6.74. The maximum atomic E-state index is 11.8. The number of amides is 1. The predicted molar refractivity (Wildman–Crippen MR) is 69.5 cm³/mol. The highest BCUT2D eigenvalue weighted by atomic mass is 32.2. The average Bonchev–Trinajstić information content (AvgIpc) is 2.37. The number of hydrogen-bond donors (Lipinski definition) is 2. The molecule has 102 valence electrons. The van der Waals surface area contributed by atoms with Crippen molar-refractivity contribution in [2.24, 2.45) is 0 Å². The quantitative estimate of drug-likeness (QED) is 0.465. The number of nitro benzene ring substituents is 1. The Morgan fingerprint density at radius 1 is 1.47 bits per heavy atom. The molecular formula is C11H12N2O5S. The van der Waals surface area contributed by atoms with Gasteiger partial charge in [-0.25, -0.2) is 0 Å². The van der Waals surface area contributed by atoms with Crippen LogP contribution >= 0.6 is 11.8 Å². The summed E-state index contributed by atoms with van der Waals surface area (Å²) in [6, 6.07) is 4.23. The molecule has 0 spiro atoms. The van der Waals surface area contributed by atoms with E-state index < -0.39 is 16.8 Å². The molecule has 0 bridgehead atoms. The Kier molecular flexibility index (Phi) is 5.31. The first-order valence-electron chi connectivity index (χ1n) is 5.28. The molecule has 19 heavy (non-hydrogen) atoms. The molecule has 0 aliphatic heterocycles. The number of thioether (sulfide) groups is 1. The molecule has 0 heterocycles. The van der Waals surface area contributed by atoms with Gasteiger partial charge in [0.2, 0.25) is 0 Å². The summed E-state index contributed by atoms with van der Waals surface area (Å²) in [7, 11) is 0. The van der Waals surface area contributed by atoms with Crippen LogP contribution in [0.4, 0.5) is 5.69 Å². The smallest absolute Gasteiger partial charge is 0.305 e. The molecule has 0 saturated carbocycles. The fourth-order valence-electron chi connectivity index (χ4n) is 1.36. The zero-order chi connectivity index (χ0) is 14.4. The number of nitrogens with zero attached hydrogens (tertiary/aromatic N) is 1. The zero-order valence-corrected chi connectivity index (χ0v) is 10.9. The van der Waals surface area contributed by atoms with Gasteiger partial charge in [-0.15, -0.1) is 11.8 Å². The third-order valence-electron chi connectivity index (χ3n) is 2.27. The van der Waals surface area contributed by atoms with Gasteiger partial charge in [0.15, 0.2) is 0 Å². The highest BCUT2D eigenvalue weighted by molar-refractivity contribution is 7.98. The van der Waals surface area contributed by atoms with Crippen LogP contribution in [-0.4, -0.2) is 34.7 Å². The van der Waals surface area contributed by atoms with Gasteiger partial charge in [-0.2, -0.15) is 0 Å². The van der Waals surface area contributed by atoms with Gasteiger partial charge in [-0.3, -0.25) is 19.7 Å². The fourth-order valence-corrected chi connectivity index (χ4v) is 1.80. The van der Waals surface area contributed by atoms with Gasteiger partial charge >= 0.3 is 5.97 Å². The van der Waals surface area contributed by atoms with Gasteiger partial charge < -0.3 is 10.4 Å². The molecule has 2 N–H and O–H groups in total. The van der Waals surface area contributed by atoms with Crippen LogP contribution in [0.2, 0.25) is 0 Å². The highest BCUT2D eigenvalue weighted by Crippen LogP contribution is 2.24. The minimum Gasteiger partial charge on any atom is -0.481 e. The first kappa shape index (κ1) is 15.0. The zero-order valence-electron chi connectivity index (χ0n) is 10.1. The molecular weight excluding hydrogens is 272 g/mol. The van der Waals surface area contributed by atoms with Crippen molar-refractivity contribution in [1.82, 2.24) is 5.32 Å². The Hall–Kier alpha value is -2.09. The highest BCUT2D eigenvalue weighted by Gasteiger charge is 2.20. The van der Waals surface area contributed by atoms with Crippen LogP contribution in [0.3, 0.4) is 0 Å². The molecule has 0 atom stereocenters. The van der Waals surface area contributed by atoms with E-state index in [1.165, 1.54) is 23.9 Å². The van der Waals surface area contributed by atoms with Crippen LogP contribution in [-0.2, 0) is 4.79 Å². The second-order valence-electron chi connectivity index (χ2n) is 3.54. The molecule has 8 heteroatoms. The van der Waals surface area contributed by atoms with E-state index in [1.54, 1.807) is 12.3 Å². The van der Waals surface area contributed by atoms with E-state index in [-0.39, 0.29) is 24.2 Å². The standard InChI is InChI=1S/C11H12N2O5S/c1-19-7-2-3-9(13(17)18)8(6-7)11(16)12-5-4-10(14)15/h2-3,6H,4-5H2,1H3,(H,12,16)(H,14,15). The van der Waals surface area contributed by atoms with E-state index in [2.05, 4.69) is 5.32 Å². The van der Waals surface area contributed by atoms with Crippen molar-refractivity contribution in [2.75, 3.05) is 12.8 Å². The molecule has 7 nitrogen and oxygen atoms in total. The number of aliphatic carboxylic acids is 1. The van der Waals surface area contributed by atoms with Crippen molar-refractivity contribution in [2.45, 2.75) is 11.3 Å². The minimum absolute atomic E-state index is 0.0674. The number of carboxylic acids is 1. The van der Waals surface area contributed by atoms with Gasteiger partial charge in [0.25, 0.3) is 11.6 Å². The molecule has 1 rings (SSSR count). The molecule has 0 saturated heterocycles. The number of carboxylic acid groups (broad SMARTS) is 1. The summed E-state index contributed by atoms with van der Waals surface area (Å²) in [5.74, 6) is -1.70. The third kappa shape index (κ3) is 4.25. The molecule has 1 aromatic rings. The summed E-state index contributed by atoms with van der Waals surface area (Å²) < 4.78 is 0. The maximum absolute atomic E-state index is 11.8. The fraction of sp³-hybridized carbons (Fsp3) is 0.273. The van der Waals surface area contributed by atoms with Crippen molar-refractivity contribution in [3.63, 3.8) is 0 Å². The number of carbonyl (C=O) groups is 2. The van der Waals surface area contributed by atoms with Crippen LogP contribution < -0.4 is 5.32 Å². The van der Waals surface area contributed by atoms with Crippen LogP contribution in [0.15, 0.2) is 23.1 Å². The van der Waals surface area contributed by atoms with E-state index in [9.17, 15) is 19.7 Å². The summed E-state index contributed by atoms with van der Waals surface area (Å²) in [6.45, 7) is -0.0746. The molecule has 0 aliphatic carbocycles. The Labute approximate surface area is 113 Å². The lowest BCUT2D eigenvalue weighted by Crippen LogP contribution is -2.26.